The van der Waals surface area contributed by atoms with E-state index in [1.54, 1.807) is 13.2 Å². The van der Waals surface area contributed by atoms with Gasteiger partial charge in [-0.15, -0.1) is 0 Å². The predicted octanol–water partition coefficient (Wildman–Crippen LogP) is 2.53. The number of carbonyl (C=O) groups excluding carboxylic acids is 3. The van der Waals surface area contributed by atoms with E-state index in [0.717, 1.165) is 11.3 Å². The molecule has 178 valence electrons. The van der Waals surface area contributed by atoms with E-state index in [4.69, 9.17) is 0 Å². The van der Waals surface area contributed by atoms with Crippen molar-refractivity contribution in [2.24, 2.45) is 0 Å². The summed E-state index contributed by atoms with van der Waals surface area (Å²) in [7, 11) is 1.65. The number of nitrogens with zero attached hydrogens (tertiary/aromatic N) is 3. The number of aromatic nitrogens is 1. The Morgan fingerprint density at radius 1 is 1.15 bits per heavy atom. The molecule has 0 aliphatic carbocycles. The van der Waals surface area contributed by atoms with Crippen LogP contribution in [0.3, 0.4) is 0 Å². The lowest BCUT2D eigenvalue weighted by Crippen LogP contribution is -2.45. The molecule has 4 rings (SSSR count). The summed E-state index contributed by atoms with van der Waals surface area (Å²) in [4.78, 5) is 45.7. The Balaban J connectivity index is 1.45. The van der Waals surface area contributed by atoms with Gasteiger partial charge in [0.2, 0.25) is 5.91 Å². The molecule has 3 heterocycles. The van der Waals surface area contributed by atoms with Gasteiger partial charge in [0.15, 0.2) is 0 Å². The highest BCUT2D eigenvalue weighted by molar-refractivity contribution is 6.02. The molecule has 0 saturated carbocycles. The van der Waals surface area contributed by atoms with Crippen molar-refractivity contribution >= 4 is 17.8 Å². The molecular formula is C26H31N5O3. The summed E-state index contributed by atoms with van der Waals surface area (Å²) >= 11 is 0. The first-order valence-electron chi connectivity index (χ1n) is 11.5. The number of hydrogen-bond acceptors (Lipinski definition) is 4. The first kappa shape index (κ1) is 23.5. The molecule has 2 N–H and O–H groups in total. The lowest BCUT2D eigenvalue weighted by Gasteiger charge is -2.31. The number of likely N-dealkylation sites (N-methyl/N-ethyl adjacent to an activating group) is 1. The average Bonchev–Trinajstić information content (AvgIpc) is 3.12. The van der Waals surface area contributed by atoms with Crippen molar-refractivity contribution in [3.05, 3.63) is 76.8 Å². The van der Waals surface area contributed by atoms with Crippen molar-refractivity contribution in [2.75, 3.05) is 26.7 Å². The van der Waals surface area contributed by atoms with Gasteiger partial charge in [0, 0.05) is 31.9 Å². The Morgan fingerprint density at radius 3 is 2.53 bits per heavy atom. The maximum absolute atomic E-state index is 13.3. The van der Waals surface area contributed by atoms with Crippen molar-refractivity contribution in [1.29, 1.82) is 0 Å². The van der Waals surface area contributed by atoms with Crippen LogP contribution in [0.4, 0.5) is 4.79 Å². The molecule has 2 aliphatic heterocycles. The zero-order valence-corrected chi connectivity index (χ0v) is 20.1. The number of hydrogen-bond donors (Lipinski definition) is 2. The maximum atomic E-state index is 13.3. The van der Waals surface area contributed by atoms with Gasteiger partial charge in [0.1, 0.15) is 6.54 Å². The third-order valence-corrected chi connectivity index (χ3v) is 6.31. The van der Waals surface area contributed by atoms with Gasteiger partial charge in [0.05, 0.1) is 23.9 Å². The number of rotatable bonds is 6. The maximum Gasteiger partial charge on any atom is 0.322 e. The smallest absolute Gasteiger partial charge is 0.322 e. The van der Waals surface area contributed by atoms with Gasteiger partial charge >= 0.3 is 6.03 Å². The van der Waals surface area contributed by atoms with Gasteiger partial charge in [-0.05, 0) is 28.7 Å². The summed E-state index contributed by atoms with van der Waals surface area (Å²) in [5, 5.41) is 5.80. The Kier molecular flexibility index (Phi) is 6.41. The number of nitrogens with one attached hydrogen (secondary N) is 2. The Labute approximate surface area is 200 Å². The lowest BCUT2D eigenvalue weighted by molar-refractivity contribution is -0.131. The molecule has 0 unspecified atom stereocenters. The third-order valence-electron chi connectivity index (χ3n) is 6.31. The number of pyridine rings is 1. The predicted molar refractivity (Wildman–Crippen MR) is 129 cm³/mol. The topological polar surface area (TPSA) is 94.6 Å². The van der Waals surface area contributed by atoms with Crippen molar-refractivity contribution in [1.82, 2.24) is 25.4 Å². The normalized spacial score (nSPS) is 18.2. The van der Waals surface area contributed by atoms with Crippen molar-refractivity contribution in [2.45, 2.75) is 38.6 Å². The Bertz CT molecular complexity index is 1120. The minimum absolute atomic E-state index is 0.00288. The first-order chi connectivity index (χ1) is 16.1. The second-order valence-electron chi connectivity index (χ2n) is 9.76. The minimum atomic E-state index is -0.544. The van der Waals surface area contributed by atoms with Crippen LogP contribution in [0, 0.1) is 0 Å². The summed E-state index contributed by atoms with van der Waals surface area (Å²) < 4.78 is 0. The molecule has 1 atom stereocenters. The van der Waals surface area contributed by atoms with Crippen LogP contribution in [0.25, 0.3) is 0 Å². The van der Waals surface area contributed by atoms with Crippen molar-refractivity contribution in [3.8, 4) is 0 Å². The highest BCUT2D eigenvalue weighted by Gasteiger charge is 2.43. The van der Waals surface area contributed by atoms with E-state index in [2.05, 4.69) is 36.4 Å². The fourth-order valence-corrected chi connectivity index (χ4v) is 4.28. The molecule has 8 heteroatoms. The number of urea groups is 1. The minimum Gasteiger partial charge on any atom is -0.354 e. The number of amides is 4. The largest absolute Gasteiger partial charge is 0.354 e. The molecule has 0 saturated heterocycles. The summed E-state index contributed by atoms with van der Waals surface area (Å²) in [6.45, 7) is 7.01. The van der Waals surface area contributed by atoms with E-state index in [9.17, 15) is 14.4 Å². The lowest BCUT2D eigenvalue weighted by atomic mass is 9.85. The fraction of sp³-hybridized carbons (Fsp3) is 0.385. The van der Waals surface area contributed by atoms with E-state index < -0.39 is 6.04 Å². The van der Waals surface area contributed by atoms with Gasteiger partial charge in [-0.3, -0.25) is 19.5 Å². The highest BCUT2D eigenvalue weighted by atomic mass is 16.2. The highest BCUT2D eigenvalue weighted by Crippen LogP contribution is 2.36. The molecular weight excluding hydrogens is 430 g/mol. The molecule has 4 amide bonds. The van der Waals surface area contributed by atoms with Crippen LogP contribution in [0.1, 0.15) is 43.6 Å². The summed E-state index contributed by atoms with van der Waals surface area (Å²) in [5.74, 6) is -0.469. The summed E-state index contributed by atoms with van der Waals surface area (Å²) in [6, 6.07) is 12.8. The Morgan fingerprint density at radius 2 is 1.88 bits per heavy atom. The van der Waals surface area contributed by atoms with E-state index in [-0.39, 0.29) is 36.3 Å². The second-order valence-corrected chi connectivity index (χ2v) is 9.76. The zero-order valence-electron chi connectivity index (χ0n) is 20.1. The zero-order chi connectivity index (χ0) is 24.5. The van der Waals surface area contributed by atoms with Crippen molar-refractivity contribution in [3.63, 3.8) is 0 Å². The summed E-state index contributed by atoms with van der Waals surface area (Å²) in [6.07, 6.45) is 2.33. The molecule has 0 spiro atoms. The molecule has 8 nitrogen and oxygen atoms in total. The van der Waals surface area contributed by atoms with Crippen LogP contribution in [-0.2, 0) is 21.4 Å². The number of carbonyl (C=O) groups is 3. The Hall–Kier alpha value is -3.68. The molecule has 0 radical (unpaired) electrons. The van der Waals surface area contributed by atoms with E-state index in [0.29, 0.717) is 24.2 Å². The molecule has 2 aromatic rings. The second kappa shape index (κ2) is 9.29. The average molecular weight is 462 g/mol. The van der Waals surface area contributed by atoms with Crippen molar-refractivity contribution < 1.29 is 14.4 Å². The van der Waals surface area contributed by atoms with E-state index >= 15 is 0 Å². The van der Waals surface area contributed by atoms with Crippen LogP contribution in [0.15, 0.2) is 59.9 Å². The SMILES string of the molecule is CN1C(=O)N[C@H](c2ccc(C(C)(C)C)cc2)C2=C1CN(CC(=O)NCCc1ccccn1)C2=O. The van der Waals surface area contributed by atoms with E-state index in [1.165, 1.54) is 15.4 Å². The van der Waals surface area contributed by atoms with Gasteiger partial charge in [-0.25, -0.2) is 4.79 Å². The molecule has 34 heavy (non-hydrogen) atoms. The van der Waals surface area contributed by atoms with Crippen LogP contribution >= 0.6 is 0 Å². The quantitative estimate of drug-likeness (QED) is 0.691. The van der Waals surface area contributed by atoms with Gasteiger partial charge < -0.3 is 15.5 Å². The molecule has 0 bridgehead atoms. The molecule has 1 aromatic carbocycles. The molecule has 1 aromatic heterocycles. The fourth-order valence-electron chi connectivity index (χ4n) is 4.28. The first-order valence-corrected chi connectivity index (χ1v) is 11.5. The van der Waals surface area contributed by atoms with Crippen LogP contribution in [-0.4, -0.2) is 59.3 Å². The van der Waals surface area contributed by atoms with Gasteiger partial charge in [-0.1, -0.05) is 51.1 Å². The van der Waals surface area contributed by atoms with Crippen LogP contribution < -0.4 is 10.6 Å². The molecule has 0 fully saturated rings. The van der Waals surface area contributed by atoms with Gasteiger partial charge in [-0.2, -0.15) is 0 Å². The third kappa shape index (κ3) is 4.81. The van der Waals surface area contributed by atoms with E-state index in [1.807, 2.05) is 42.5 Å². The number of benzene rings is 1. The summed E-state index contributed by atoms with van der Waals surface area (Å²) in [5.41, 5.74) is 4.07. The van der Waals surface area contributed by atoms with Crippen LogP contribution in [0.5, 0.6) is 0 Å². The van der Waals surface area contributed by atoms with Gasteiger partial charge in [0.25, 0.3) is 5.91 Å². The standard InChI is InChI=1S/C26H31N5O3/c1-26(2,3)18-10-8-17(9-11-18)23-22-20(30(4)25(34)29-23)15-31(24(22)33)16-21(32)28-14-12-19-7-5-6-13-27-19/h5-11,13,23H,12,14-16H2,1-4H3,(H,28,32)(H,29,34)/t23-/m1/s1. The van der Waals surface area contributed by atoms with Crippen LogP contribution in [0.2, 0.25) is 0 Å². The molecule has 2 aliphatic rings. The monoisotopic (exact) mass is 461 g/mol.